The number of halogens is 1. The summed E-state index contributed by atoms with van der Waals surface area (Å²) < 4.78 is 11.1. The van der Waals surface area contributed by atoms with Gasteiger partial charge in [-0.25, -0.2) is 0 Å². The van der Waals surface area contributed by atoms with E-state index in [1.54, 1.807) is 18.2 Å². The zero-order chi connectivity index (χ0) is 22.4. The molecular weight excluding hydrogens is 400 g/mol. The largest absolute Gasteiger partial charge is 0.465 e. The molecule has 30 heavy (non-hydrogen) atoms. The van der Waals surface area contributed by atoms with Crippen LogP contribution in [-0.4, -0.2) is 18.5 Å². The lowest BCUT2D eigenvalue weighted by Gasteiger charge is -2.27. The molecule has 1 aromatic carbocycles. The highest BCUT2D eigenvalue weighted by molar-refractivity contribution is 6.30. The smallest absolute Gasteiger partial charge is 0.328 e. The highest BCUT2D eigenvalue weighted by atomic mass is 35.5. The van der Waals surface area contributed by atoms with Gasteiger partial charge in [0.15, 0.2) is 5.41 Å². The minimum atomic E-state index is -1.27. The third-order valence-electron chi connectivity index (χ3n) is 5.81. The topological polar surface area (TPSA) is 52.6 Å². The van der Waals surface area contributed by atoms with E-state index in [0.29, 0.717) is 30.2 Å². The van der Waals surface area contributed by atoms with E-state index in [9.17, 15) is 9.59 Å². The van der Waals surface area contributed by atoms with Gasteiger partial charge in [-0.1, -0.05) is 83.7 Å². The van der Waals surface area contributed by atoms with E-state index in [4.69, 9.17) is 21.1 Å². The second-order valence-corrected chi connectivity index (χ2v) is 8.49. The van der Waals surface area contributed by atoms with Gasteiger partial charge in [-0.15, -0.1) is 0 Å². The number of unbranched alkanes of at least 4 members (excludes halogenated alkanes) is 8. The lowest BCUT2D eigenvalue weighted by atomic mass is 9.82. The molecule has 0 aliphatic carbocycles. The van der Waals surface area contributed by atoms with Crippen LogP contribution in [0.1, 0.15) is 97.0 Å². The monoisotopic (exact) mass is 438 g/mol. The molecule has 0 radical (unpaired) electrons. The molecule has 1 rings (SSSR count). The molecule has 0 aliphatic heterocycles. The molecule has 0 N–H and O–H groups in total. The van der Waals surface area contributed by atoms with E-state index in [2.05, 4.69) is 6.92 Å². The van der Waals surface area contributed by atoms with E-state index < -0.39 is 17.4 Å². The molecule has 0 saturated heterocycles. The number of carbonyl (C=O) groups is 2. The molecule has 0 unspecified atom stereocenters. The number of aryl methyl sites for hydroxylation is 1. The number of benzene rings is 1. The Morgan fingerprint density at radius 3 is 1.97 bits per heavy atom. The van der Waals surface area contributed by atoms with Crippen molar-refractivity contribution in [3.05, 3.63) is 28.8 Å². The highest BCUT2D eigenvalue weighted by Crippen LogP contribution is 2.32. The average Bonchev–Trinajstić information content (AvgIpc) is 2.72. The maximum Gasteiger partial charge on any atom is 0.328 e. The van der Waals surface area contributed by atoms with Gasteiger partial charge in [0.2, 0.25) is 0 Å². The first-order valence-corrected chi connectivity index (χ1v) is 11.9. The van der Waals surface area contributed by atoms with E-state index in [-0.39, 0.29) is 0 Å². The van der Waals surface area contributed by atoms with Crippen molar-refractivity contribution in [2.75, 3.05) is 6.61 Å². The molecule has 0 bridgehead atoms. The van der Waals surface area contributed by atoms with Crippen molar-refractivity contribution in [1.29, 1.82) is 0 Å². The summed E-state index contributed by atoms with van der Waals surface area (Å²) >= 11 is 5.96. The lowest BCUT2D eigenvalue weighted by molar-refractivity contribution is -0.168. The number of esters is 2. The Hall–Kier alpha value is -1.55. The summed E-state index contributed by atoms with van der Waals surface area (Å²) in [5.41, 5.74) is -0.522. The molecular formula is C25H39ClO4. The molecule has 0 heterocycles. The van der Waals surface area contributed by atoms with Crippen molar-refractivity contribution in [2.24, 2.45) is 5.41 Å². The summed E-state index contributed by atoms with van der Waals surface area (Å²) in [7, 11) is 0. The van der Waals surface area contributed by atoms with E-state index in [0.717, 1.165) is 24.8 Å². The van der Waals surface area contributed by atoms with Crippen LogP contribution in [-0.2, 0) is 14.3 Å². The van der Waals surface area contributed by atoms with Crippen LogP contribution in [0.3, 0.4) is 0 Å². The molecule has 5 heteroatoms. The van der Waals surface area contributed by atoms with Crippen molar-refractivity contribution in [2.45, 2.75) is 98.3 Å². The highest BCUT2D eigenvalue weighted by Gasteiger charge is 2.46. The molecule has 0 spiro atoms. The Morgan fingerprint density at radius 1 is 0.867 bits per heavy atom. The maximum absolute atomic E-state index is 12.9. The Balaban J connectivity index is 2.47. The number of carbonyl (C=O) groups excluding carboxylic acids is 2. The van der Waals surface area contributed by atoms with Crippen LogP contribution in [0.2, 0.25) is 5.02 Å². The Morgan fingerprint density at radius 2 is 1.43 bits per heavy atom. The first-order chi connectivity index (χ1) is 14.4. The van der Waals surface area contributed by atoms with Gasteiger partial charge in [0, 0.05) is 5.02 Å². The van der Waals surface area contributed by atoms with Gasteiger partial charge in [0.05, 0.1) is 6.61 Å². The molecule has 0 atom stereocenters. The van der Waals surface area contributed by atoms with Crippen molar-refractivity contribution < 1.29 is 19.1 Å². The predicted octanol–water partition coefficient (Wildman–Crippen LogP) is 7.43. The van der Waals surface area contributed by atoms with Crippen molar-refractivity contribution in [3.63, 3.8) is 0 Å². The van der Waals surface area contributed by atoms with Gasteiger partial charge in [0.1, 0.15) is 5.75 Å². The Kier molecular flexibility index (Phi) is 12.8. The molecule has 0 aromatic heterocycles. The van der Waals surface area contributed by atoms with Crippen LogP contribution in [0, 0.1) is 12.3 Å². The SMILES string of the molecule is CCCCCCCCCCCOC(=O)C(CC)(CC)C(=O)Oc1ccc(Cl)cc1C. The summed E-state index contributed by atoms with van der Waals surface area (Å²) in [5.74, 6) is -0.624. The normalized spacial score (nSPS) is 11.4. The van der Waals surface area contributed by atoms with Gasteiger partial charge < -0.3 is 9.47 Å². The quantitative estimate of drug-likeness (QED) is 0.123. The van der Waals surface area contributed by atoms with Crippen molar-refractivity contribution in [3.8, 4) is 5.75 Å². The van der Waals surface area contributed by atoms with Crippen LogP contribution < -0.4 is 4.74 Å². The first-order valence-electron chi connectivity index (χ1n) is 11.6. The number of rotatable bonds is 15. The number of ether oxygens (including phenoxy) is 2. The fourth-order valence-corrected chi connectivity index (χ4v) is 3.78. The minimum Gasteiger partial charge on any atom is -0.465 e. The van der Waals surface area contributed by atoms with Crippen LogP contribution in [0.15, 0.2) is 18.2 Å². The lowest BCUT2D eigenvalue weighted by Crippen LogP contribution is -2.42. The van der Waals surface area contributed by atoms with Gasteiger partial charge in [-0.2, -0.15) is 0 Å². The van der Waals surface area contributed by atoms with E-state index in [1.165, 1.54) is 38.5 Å². The average molecular weight is 439 g/mol. The Labute approximate surface area is 187 Å². The summed E-state index contributed by atoms with van der Waals surface area (Å²) in [6.07, 6.45) is 11.5. The van der Waals surface area contributed by atoms with Gasteiger partial charge >= 0.3 is 11.9 Å². The van der Waals surface area contributed by atoms with Crippen LogP contribution in [0.5, 0.6) is 5.75 Å². The van der Waals surface area contributed by atoms with Crippen molar-refractivity contribution >= 4 is 23.5 Å². The van der Waals surface area contributed by atoms with Gasteiger partial charge in [0.25, 0.3) is 0 Å². The fourth-order valence-electron chi connectivity index (χ4n) is 3.55. The number of hydrogen-bond donors (Lipinski definition) is 0. The zero-order valence-electron chi connectivity index (χ0n) is 19.2. The number of hydrogen-bond acceptors (Lipinski definition) is 4. The second-order valence-electron chi connectivity index (χ2n) is 8.05. The standard InChI is InChI=1S/C25H39ClO4/c1-5-8-9-10-11-12-13-14-15-18-29-23(27)25(6-2,7-3)24(28)30-22-17-16-21(26)19-20(22)4/h16-17,19H,5-15,18H2,1-4H3. The molecule has 170 valence electrons. The molecule has 0 aliphatic rings. The summed E-state index contributed by atoms with van der Waals surface area (Å²) in [5, 5.41) is 0.574. The van der Waals surface area contributed by atoms with E-state index >= 15 is 0 Å². The molecule has 0 fully saturated rings. The van der Waals surface area contributed by atoms with E-state index in [1.807, 2.05) is 20.8 Å². The first kappa shape index (κ1) is 26.5. The van der Waals surface area contributed by atoms with Gasteiger partial charge in [-0.05, 0) is 49.9 Å². The van der Waals surface area contributed by atoms with Gasteiger partial charge in [-0.3, -0.25) is 9.59 Å². The molecule has 1 aromatic rings. The second kappa shape index (κ2) is 14.5. The van der Waals surface area contributed by atoms with Crippen LogP contribution >= 0.6 is 11.6 Å². The van der Waals surface area contributed by atoms with Crippen LogP contribution in [0.4, 0.5) is 0 Å². The Bertz CT molecular complexity index is 653. The van der Waals surface area contributed by atoms with Crippen LogP contribution in [0.25, 0.3) is 0 Å². The third-order valence-corrected chi connectivity index (χ3v) is 6.04. The molecule has 4 nitrogen and oxygen atoms in total. The maximum atomic E-state index is 12.9. The summed E-state index contributed by atoms with van der Waals surface area (Å²) in [6.45, 7) is 8.03. The third kappa shape index (κ3) is 8.29. The fraction of sp³-hybridized carbons (Fsp3) is 0.680. The summed E-state index contributed by atoms with van der Waals surface area (Å²) in [4.78, 5) is 25.7. The van der Waals surface area contributed by atoms with Crippen molar-refractivity contribution in [1.82, 2.24) is 0 Å². The molecule has 0 amide bonds. The summed E-state index contributed by atoms with van der Waals surface area (Å²) in [6, 6.07) is 5.05. The zero-order valence-corrected chi connectivity index (χ0v) is 20.0. The minimum absolute atomic E-state index is 0.339. The predicted molar refractivity (Wildman–Crippen MR) is 123 cm³/mol. The molecule has 0 saturated carbocycles.